The Kier molecular flexibility index (Phi) is 6.61. The number of ether oxygens (including phenoxy) is 2. The normalized spacial score (nSPS) is 10.3. The number of pyridine rings is 1. The summed E-state index contributed by atoms with van der Waals surface area (Å²) in [4.78, 5) is 28.7. The fraction of sp³-hybridized carbons (Fsp3) is 0.462. The highest BCUT2D eigenvalue weighted by atomic mass is 16.5. The van der Waals surface area contributed by atoms with Gasteiger partial charge in [-0.05, 0) is 12.1 Å². The van der Waals surface area contributed by atoms with Crippen molar-refractivity contribution in [3.8, 4) is 0 Å². The Morgan fingerprint density at radius 2 is 1.80 bits per heavy atom. The summed E-state index contributed by atoms with van der Waals surface area (Å²) < 4.78 is 9.95. The summed E-state index contributed by atoms with van der Waals surface area (Å²) in [5.41, 5.74) is 5.62. The van der Waals surface area contributed by atoms with E-state index in [1.807, 2.05) is 0 Å². The number of rotatable bonds is 8. The molecule has 0 aliphatic rings. The summed E-state index contributed by atoms with van der Waals surface area (Å²) in [6, 6.07) is 2.96. The fourth-order valence-corrected chi connectivity index (χ4v) is 1.57. The molecule has 0 atom stereocenters. The van der Waals surface area contributed by atoms with Crippen LogP contribution in [0.15, 0.2) is 18.3 Å². The minimum atomic E-state index is -0.625. The number of aromatic nitrogens is 1. The van der Waals surface area contributed by atoms with Crippen molar-refractivity contribution < 1.29 is 19.1 Å². The maximum atomic E-state index is 12.3. The van der Waals surface area contributed by atoms with E-state index in [1.165, 1.54) is 18.3 Å². The average Bonchev–Trinajstić information content (AvgIpc) is 2.47. The minimum absolute atomic E-state index is 0.127. The third kappa shape index (κ3) is 4.60. The van der Waals surface area contributed by atoms with Crippen LogP contribution in [-0.4, -0.2) is 62.2 Å². The number of hydrogen-bond acceptors (Lipinski definition) is 5. The van der Waals surface area contributed by atoms with E-state index < -0.39 is 5.91 Å². The number of nitrogens with two attached hydrogens (primary N) is 1. The minimum Gasteiger partial charge on any atom is -0.383 e. The summed E-state index contributed by atoms with van der Waals surface area (Å²) in [6.45, 7) is 1.77. The predicted octanol–water partition coefficient (Wildman–Crippen LogP) is -0.0845. The van der Waals surface area contributed by atoms with E-state index in [4.69, 9.17) is 15.2 Å². The topological polar surface area (TPSA) is 94.8 Å². The van der Waals surface area contributed by atoms with Gasteiger partial charge in [-0.2, -0.15) is 0 Å². The number of hydrogen-bond donors (Lipinski definition) is 1. The van der Waals surface area contributed by atoms with Gasteiger partial charge in [-0.15, -0.1) is 0 Å². The summed E-state index contributed by atoms with van der Waals surface area (Å²) in [6.07, 6.45) is 1.34. The Bertz CT molecular complexity index is 439. The lowest BCUT2D eigenvalue weighted by Gasteiger charge is -2.22. The molecule has 0 aliphatic heterocycles. The molecular weight excluding hydrogens is 262 g/mol. The molecule has 0 spiro atoms. The molecule has 1 aromatic heterocycles. The van der Waals surface area contributed by atoms with Crippen LogP contribution < -0.4 is 5.73 Å². The van der Waals surface area contributed by atoms with Crippen molar-refractivity contribution in [2.24, 2.45) is 5.73 Å². The molecule has 0 saturated carbocycles. The van der Waals surface area contributed by atoms with Gasteiger partial charge in [0.2, 0.25) is 0 Å². The van der Waals surface area contributed by atoms with Gasteiger partial charge in [0.15, 0.2) is 0 Å². The van der Waals surface area contributed by atoms with Gasteiger partial charge in [-0.25, -0.2) is 0 Å². The van der Waals surface area contributed by atoms with Crippen LogP contribution in [0, 0.1) is 0 Å². The van der Waals surface area contributed by atoms with Crippen LogP contribution in [0.2, 0.25) is 0 Å². The molecule has 0 saturated heterocycles. The fourth-order valence-electron chi connectivity index (χ4n) is 1.57. The Balaban J connectivity index is 2.78. The molecule has 2 N–H and O–H groups in total. The molecule has 0 fully saturated rings. The van der Waals surface area contributed by atoms with Gasteiger partial charge in [0.05, 0.1) is 18.8 Å². The SMILES string of the molecule is COCCN(CCOC)C(=O)c1ccc(C(N)=O)nc1. The molecule has 1 heterocycles. The van der Waals surface area contributed by atoms with E-state index in [2.05, 4.69) is 4.98 Å². The molecular formula is C13H19N3O4. The summed E-state index contributed by atoms with van der Waals surface area (Å²) in [7, 11) is 3.14. The van der Waals surface area contributed by atoms with Gasteiger partial charge in [0, 0.05) is 33.5 Å². The third-order valence-electron chi connectivity index (χ3n) is 2.68. The van der Waals surface area contributed by atoms with E-state index in [1.54, 1.807) is 19.1 Å². The van der Waals surface area contributed by atoms with Gasteiger partial charge in [0.25, 0.3) is 11.8 Å². The van der Waals surface area contributed by atoms with E-state index in [9.17, 15) is 9.59 Å². The lowest BCUT2D eigenvalue weighted by atomic mass is 10.2. The number of methoxy groups -OCH3 is 2. The maximum Gasteiger partial charge on any atom is 0.267 e. The number of carbonyl (C=O) groups is 2. The standard InChI is InChI=1S/C13H19N3O4/c1-19-7-5-16(6-8-20-2)13(18)10-3-4-11(12(14)17)15-9-10/h3-4,9H,5-8H2,1-2H3,(H2,14,17). The van der Waals surface area contributed by atoms with Crippen molar-refractivity contribution in [2.45, 2.75) is 0 Å². The Hall–Kier alpha value is -1.99. The molecule has 0 radical (unpaired) electrons. The quantitative estimate of drug-likeness (QED) is 0.719. The largest absolute Gasteiger partial charge is 0.383 e. The summed E-state index contributed by atoms with van der Waals surface area (Å²) >= 11 is 0. The van der Waals surface area contributed by atoms with E-state index in [0.717, 1.165) is 0 Å². The Labute approximate surface area is 117 Å². The highest BCUT2D eigenvalue weighted by Gasteiger charge is 2.16. The second-order valence-electron chi connectivity index (χ2n) is 4.07. The van der Waals surface area contributed by atoms with Crippen LogP contribution in [0.1, 0.15) is 20.8 Å². The molecule has 1 rings (SSSR count). The Morgan fingerprint density at radius 1 is 1.20 bits per heavy atom. The van der Waals surface area contributed by atoms with E-state index in [0.29, 0.717) is 31.9 Å². The van der Waals surface area contributed by atoms with Crippen LogP contribution in [0.3, 0.4) is 0 Å². The number of nitrogens with zero attached hydrogens (tertiary/aromatic N) is 2. The monoisotopic (exact) mass is 281 g/mol. The van der Waals surface area contributed by atoms with Crippen molar-refractivity contribution >= 4 is 11.8 Å². The lowest BCUT2D eigenvalue weighted by molar-refractivity contribution is 0.0626. The molecule has 7 nitrogen and oxygen atoms in total. The van der Waals surface area contributed by atoms with Crippen molar-refractivity contribution in [2.75, 3.05) is 40.5 Å². The first-order chi connectivity index (χ1) is 9.60. The zero-order valence-electron chi connectivity index (χ0n) is 11.7. The summed E-state index contributed by atoms with van der Waals surface area (Å²) in [5.74, 6) is -0.817. The second kappa shape index (κ2) is 8.23. The zero-order chi connectivity index (χ0) is 15.0. The first kappa shape index (κ1) is 16.1. The average molecular weight is 281 g/mol. The van der Waals surface area contributed by atoms with Gasteiger partial charge < -0.3 is 20.1 Å². The van der Waals surface area contributed by atoms with E-state index in [-0.39, 0.29) is 11.6 Å². The first-order valence-electron chi connectivity index (χ1n) is 6.13. The molecule has 0 aliphatic carbocycles. The molecule has 110 valence electrons. The second-order valence-corrected chi connectivity index (χ2v) is 4.07. The number of amides is 2. The Morgan fingerprint density at radius 3 is 2.20 bits per heavy atom. The van der Waals surface area contributed by atoms with Crippen LogP contribution in [0.5, 0.6) is 0 Å². The molecule has 2 amide bonds. The van der Waals surface area contributed by atoms with Crippen LogP contribution in [0.4, 0.5) is 0 Å². The lowest BCUT2D eigenvalue weighted by Crippen LogP contribution is -2.36. The zero-order valence-corrected chi connectivity index (χ0v) is 11.7. The number of carbonyl (C=O) groups excluding carboxylic acids is 2. The van der Waals surface area contributed by atoms with Gasteiger partial charge in [-0.3, -0.25) is 14.6 Å². The third-order valence-corrected chi connectivity index (χ3v) is 2.68. The highest BCUT2D eigenvalue weighted by molar-refractivity contribution is 5.95. The highest BCUT2D eigenvalue weighted by Crippen LogP contribution is 2.05. The van der Waals surface area contributed by atoms with Crippen molar-refractivity contribution in [3.05, 3.63) is 29.6 Å². The molecule has 20 heavy (non-hydrogen) atoms. The van der Waals surface area contributed by atoms with Crippen LogP contribution in [0.25, 0.3) is 0 Å². The molecule has 0 unspecified atom stereocenters. The molecule has 7 heteroatoms. The first-order valence-corrected chi connectivity index (χ1v) is 6.13. The van der Waals surface area contributed by atoms with Crippen molar-refractivity contribution in [3.63, 3.8) is 0 Å². The van der Waals surface area contributed by atoms with Crippen LogP contribution >= 0.6 is 0 Å². The predicted molar refractivity (Wildman–Crippen MR) is 72.4 cm³/mol. The van der Waals surface area contributed by atoms with Gasteiger partial charge >= 0.3 is 0 Å². The molecule has 1 aromatic rings. The van der Waals surface area contributed by atoms with Crippen molar-refractivity contribution in [1.29, 1.82) is 0 Å². The molecule has 0 bridgehead atoms. The maximum absolute atomic E-state index is 12.3. The van der Waals surface area contributed by atoms with Gasteiger partial charge in [-0.1, -0.05) is 0 Å². The van der Waals surface area contributed by atoms with Crippen molar-refractivity contribution in [1.82, 2.24) is 9.88 Å². The van der Waals surface area contributed by atoms with Gasteiger partial charge in [0.1, 0.15) is 5.69 Å². The van der Waals surface area contributed by atoms with Crippen LogP contribution in [-0.2, 0) is 9.47 Å². The summed E-state index contributed by atoms with van der Waals surface area (Å²) in [5, 5.41) is 0. The smallest absolute Gasteiger partial charge is 0.267 e. The molecule has 0 aromatic carbocycles. The number of primary amides is 1. The van der Waals surface area contributed by atoms with E-state index >= 15 is 0 Å².